The molecule has 1 aliphatic rings. The summed E-state index contributed by atoms with van der Waals surface area (Å²) in [5, 5.41) is 12.4. The van der Waals surface area contributed by atoms with E-state index < -0.39 is 6.10 Å². The number of carbonyl (C=O) groups is 1. The van der Waals surface area contributed by atoms with Gasteiger partial charge in [0.25, 0.3) is 0 Å². The Kier molecular flexibility index (Phi) is 3.94. The maximum absolute atomic E-state index is 11.9. The van der Waals surface area contributed by atoms with Crippen molar-refractivity contribution in [1.29, 1.82) is 0 Å². The Morgan fingerprint density at radius 1 is 1.35 bits per heavy atom. The molecule has 90 valence electrons. The minimum absolute atomic E-state index is 0.0252. The molecule has 2 N–H and O–H groups in total. The van der Waals surface area contributed by atoms with Crippen molar-refractivity contribution < 1.29 is 9.90 Å². The standard InChI is InChI=1S/C14H17NO2/c16-13-8-4-7-12(9-13)14(17)15-10-11-5-2-1-3-6-11/h1-6,8,12-13,16H,7,9-10H2,(H,15,17)/t12-,13-/m0/s1. The van der Waals surface area contributed by atoms with Crippen LogP contribution in [-0.2, 0) is 11.3 Å². The van der Waals surface area contributed by atoms with E-state index in [1.165, 1.54) is 0 Å². The van der Waals surface area contributed by atoms with E-state index in [9.17, 15) is 9.90 Å². The lowest BCUT2D eigenvalue weighted by Gasteiger charge is -2.20. The zero-order valence-corrected chi connectivity index (χ0v) is 9.67. The van der Waals surface area contributed by atoms with Crippen molar-refractivity contribution in [3.8, 4) is 0 Å². The molecule has 0 aliphatic heterocycles. The smallest absolute Gasteiger partial charge is 0.223 e. The number of hydrogen-bond donors (Lipinski definition) is 2. The summed E-state index contributed by atoms with van der Waals surface area (Å²) in [5.41, 5.74) is 1.09. The van der Waals surface area contributed by atoms with Gasteiger partial charge in [-0.05, 0) is 18.4 Å². The molecule has 3 nitrogen and oxygen atoms in total. The predicted molar refractivity (Wildman–Crippen MR) is 66.2 cm³/mol. The van der Waals surface area contributed by atoms with E-state index in [1.54, 1.807) is 6.08 Å². The lowest BCUT2D eigenvalue weighted by molar-refractivity contribution is -0.126. The van der Waals surface area contributed by atoms with Crippen LogP contribution in [0.2, 0.25) is 0 Å². The van der Waals surface area contributed by atoms with E-state index in [1.807, 2.05) is 36.4 Å². The summed E-state index contributed by atoms with van der Waals surface area (Å²) in [4.78, 5) is 11.9. The van der Waals surface area contributed by atoms with Crippen molar-refractivity contribution in [3.63, 3.8) is 0 Å². The first-order valence-electron chi connectivity index (χ1n) is 5.92. The molecule has 0 bridgehead atoms. The van der Waals surface area contributed by atoms with Crippen molar-refractivity contribution in [2.24, 2.45) is 5.92 Å². The Bertz CT molecular complexity index is 400. The van der Waals surface area contributed by atoms with Crippen molar-refractivity contribution in [2.75, 3.05) is 0 Å². The zero-order chi connectivity index (χ0) is 12.1. The number of allylic oxidation sites excluding steroid dienone is 1. The molecule has 0 radical (unpaired) electrons. The molecule has 0 heterocycles. The summed E-state index contributed by atoms with van der Waals surface area (Å²) in [6.07, 6.45) is 4.40. The van der Waals surface area contributed by atoms with Crippen LogP contribution >= 0.6 is 0 Å². The minimum atomic E-state index is -0.476. The first-order valence-corrected chi connectivity index (χ1v) is 5.92. The highest BCUT2D eigenvalue weighted by atomic mass is 16.3. The van der Waals surface area contributed by atoms with Crippen LogP contribution in [0.4, 0.5) is 0 Å². The summed E-state index contributed by atoms with van der Waals surface area (Å²) < 4.78 is 0. The van der Waals surface area contributed by atoms with Gasteiger partial charge < -0.3 is 10.4 Å². The van der Waals surface area contributed by atoms with Crippen molar-refractivity contribution >= 4 is 5.91 Å². The molecule has 0 fully saturated rings. The second-order valence-electron chi connectivity index (χ2n) is 4.37. The topological polar surface area (TPSA) is 49.3 Å². The summed E-state index contributed by atoms with van der Waals surface area (Å²) in [5.74, 6) is -0.0732. The van der Waals surface area contributed by atoms with Gasteiger partial charge in [0.05, 0.1) is 6.10 Å². The number of aliphatic hydroxyl groups excluding tert-OH is 1. The molecule has 1 aromatic rings. The Labute approximate surface area is 101 Å². The molecule has 0 saturated heterocycles. The largest absolute Gasteiger partial charge is 0.389 e. The molecule has 0 saturated carbocycles. The van der Waals surface area contributed by atoms with Crippen LogP contribution in [0.15, 0.2) is 42.5 Å². The SMILES string of the molecule is O=C(NCc1ccccc1)[C@H]1CC=C[C@H](O)C1. The van der Waals surface area contributed by atoms with Crippen LogP contribution in [-0.4, -0.2) is 17.1 Å². The van der Waals surface area contributed by atoms with Gasteiger partial charge in [-0.15, -0.1) is 0 Å². The van der Waals surface area contributed by atoms with Gasteiger partial charge in [0.2, 0.25) is 5.91 Å². The van der Waals surface area contributed by atoms with E-state index in [4.69, 9.17) is 0 Å². The highest BCUT2D eigenvalue weighted by Crippen LogP contribution is 2.18. The highest BCUT2D eigenvalue weighted by molar-refractivity contribution is 5.79. The lowest BCUT2D eigenvalue weighted by Crippen LogP contribution is -2.33. The maximum Gasteiger partial charge on any atom is 0.223 e. The van der Waals surface area contributed by atoms with Crippen LogP contribution in [0.5, 0.6) is 0 Å². The van der Waals surface area contributed by atoms with Crippen LogP contribution in [0, 0.1) is 5.92 Å². The number of rotatable bonds is 3. The molecule has 0 unspecified atom stereocenters. The number of aliphatic hydroxyl groups is 1. The van der Waals surface area contributed by atoms with Gasteiger partial charge in [-0.25, -0.2) is 0 Å². The number of carbonyl (C=O) groups excluding carboxylic acids is 1. The molecule has 1 aromatic carbocycles. The number of nitrogens with one attached hydrogen (secondary N) is 1. The van der Waals surface area contributed by atoms with Crippen molar-refractivity contribution in [2.45, 2.75) is 25.5 Å². The molecule has 2 rings (SSSR count). The number of hydrogen-bond acceptors (Lipinski definition) is 2. The average Bonchev–Trinajstić information content (AvgIpc) is 2.37. The molecular formula is C14H17NO2. The molecule has 2 atom stereocenters. The van der Waals surface area contributed by atoms with E-state index >= 15 is 0 Å². The Hall–Kier alpha value is -1.61. The van der Waals surface area contributed by atoms with Crippen LogP contribution in [0.3, 0.4) is 0 Å². The van der Waals surface area contributed by atoms with E-state index in [2.05, 4.69) is 5.32 Å². The molecule has 3 heteroatoms. The zero-order valence-electron chi connectivity index (χ0n) is 9.67. The van der Waals surface area contributed by atoms with Crippen molar-refractivity contribution in [3.05, 3.63) is 48.0 Å². The second kappa shape index (κ2) is 5.64. The molecular weight excluding hydrogens is 214 g/mol. The molecule has 17 heavy (non-hydrogen) atoms. The summed E-state index contributed by atoms with van der Waals surface area (Å²) in [7, 11) is 0. The molecule has 1 amide bonds. The fourth-order valence-electron chi connectivity index (χ4n) is 2.01. The molecule has 0 spiro atoms. The van der Waals surface area contributed by atoms with Gasteiger partial charge in [0.15, 0.2) is 0 Å². The third-order valence-electron chi connectivity index (χ3n) is 2.99. The second-order valence-corrected chi connectivity index (χ2v) is 4.37. The van der Waals surface area contributed by atoms with Crippen LogP contribution in [0.1, 0.15) is 18.4 Å². The number of benzene rings is 1. The average molecular weight is 231 g/mol. The number of amides is 1. The van der Waals surface area contributed by atoms with Gasteiger partial charge in [-0.3, -0.25) is 4.79 Å². The maximum atomic E-state index is 11.9. The quantitative estimate of drug-likeness (QED) is 0.777. The molecule has 1 aliphatic carbocycles. The van der Waals surface area contributed by atoms with E-state index in [0.717, 1.165) is 12.0 Å². The predicted octanol–water partition coefficient (Wildman–Crippen LogP) is 1.63. The van der Waals surface area contributed by atoms with E-state index in [0.29, 0.717) is 13.0 Å². The van der Waals surface area contributed by atoms with Crippen LogP contribution in [0.25, 0.3) is 0 Å². The lowest BCUT2D eigenvalue weighted by atomic mass is 9.92. The fraction of sp³-hybridized carbons (Fsp3) is 0.357. The Balaban J connectivity index is 1.84. The van der Waals surface area contributed by atoms with Gasteiger partial charge in [0.1, 0.15) is 0 Å². The van der Waals surface area contributed by atoms with Gasteiger partial charge >= 0.3 is 0 Å². The summed E-state index contributed by atoms with van der Waals surface area (Å²) in [6.45, 7) is 0.552. The van der Waals surface area contributed by atoms with E-state index in [-0.39, 0.29) is 11.8 Å². The first-order chi connectivity index (χ1) is 8.25. The van der Waals surface area contributed by atoms with Gasteiger partial charge in [-0.2, -0.15) is 0 Å². The third kappa shape index (κ3) is 3.43. The minimum Gasteiger partial charge on any atom is -0.389 e. The summed E-state index contributed by atoms with van der Waals surface area (Å²) >= 11 is 0. The first kappa shape index (κ1) is 11.9. The third-order valence-corrected chi connectivity index (χ3v) is 2.99. The van der Waals surface area contributed by atoms with Gasteiger partial charge in [-0.1, -0.05) is 42.5 Å². The van der Waals surface area contributed by atoms with Crippen LogP contribution < -0.4 is 5.32 Å². The van der Waals surface area contributed by atoms with Crippen molar-refractivity contribution in [1.82, 2.24) is 5.32 Å². The normalized spacial score (nSPS) is 23.4. The Morgan fingerprint density at radius 3 is 2.82 bits per heavy atom. The monoisotopic (exact) mass is 231 g/mol. The summed E-state index contributed by atoms with van der Waals surface area (Å²) in [6, 6.07) is 9.82. The fourth-order valence-corrected chi connectivity index (χ4v) is 2.01. The highest BCUT2D eigenvalue weighted by Gasteiger charge is 2.22. The Morgan fingerprint density at radius 2 is 2.12 bits per heavy atom. The molecule has 0 aromatic heterocycles. The van der Waals surface area contributed by atoms with Gasteiger partial charge in [0, 0.05) is 12.5 Å².